The van der Waals surface area contributed by atoms with Gasteiger partial charge in [-0.2, -0.15) is 0 Å². The highest BCUT2D eigenvalue weighted by Gasteiger charge is 2.04. The number of carbonyl (C=O) groups excluding carboxylic acids is 1. The number of carbonyl (C=O) groups is 1. The fraction of sp³-hybridized carbons (Fsp3) is 0.143. The largest absolute Gasteiger partial charge is 0.455 e. The van der Waals surface area contributed by atoms with E-state index in [4.69, 9.17) is 4.74 Å². The number of rotatable bonds is 3. The van der Waals surface area contributed by atoms with E-state index < -0.39 is 0 Å². The molecule has 0 aliphatic carbocycles. The van der Waals surface area contributed by atoms with Crippen LogP contribution in [0.5, 0.6) is 11.5 Å². The number of benzene rings is 1. The van der Waals surface area contributed by atoms with Crippen LogP contribution in [-0.2, 0) is 0 Å². The first-order valence-electron chi connectivity index (χ1n) is 5.35. The molecule has 0 bridgehead atoms. The van der Waals surface area contributed by atoms with Gasteiger partial charge in [-0.25, -0.2) is 0 Å². The predicted octanol–water partition coefficient (Wildman–Crippen LogP) is 3.30. The summed E-state index contributed by atoms with van der Waals surface area (Å²) >= 11 is 0. The summed E-state index contributed by atoms with van der Waals surface area (Å²) in [6, 6.07) is 7.54. The maximum atomic E-state index is 10.6. The van der Waals surface area contributed by atoms with Gasteiger partial charge in [0, 0.05) is 11.8 Å². The Morgan fingerprint density at radius 2 is 2.06 bits per heavy atom. The normalized spacial score (nSPS) is 10.0. The first-order chi connectivity index (χ1) is 8.20. The maximum Gasteiger partial charge on any atom is 0.151 e. The lowest BCUT2D eigenvalue weighted by Crippen LogP contribution is -1.91. The summed E-state index contributed by atoms with van der Waals surface area (Å²) in [4.78, 5) is 14.6. The third-order valence-electron chi connectivity index (χ3n) is 2.65. The lowest BCUT2D eigenvalue weighted by Gasteiger charge is -2.10. The van der Waals surface area contributed by atoms with Crippen molar-refractivity contribution >= 4 is 6.29 Å². The molecule has 0 atom stereocenters. The number of aromatic nitrogens is 1. The highest BCUT2D eigenvalue weighted by atomic mass is 16.5. The van der Waals surface area contributed by atoms with E-state index in [1.807, 2.05) is 32.0 Å². The van der Waals surface area contributed by atoms with E-state index in [-0.39, 0.29) is 0 Å². The molecule has 0 aliphatic heterocycles. The summed E-state index contributed by atoms with van der Waals surface area (Å²) in [7, 11) is 0. The number of hydrogen-bond acceptors (Lipinski definition) is 3. The Morgan fingerprint density at radius 3 is 2.82 bits per heavy atom. The topological polar surface area (TPSA) is 39.2 Å². The molecule has 0 spiro atoms. The molecule has 2 aromatic rings. The Kier molecular flexibility index (Phi) is 3.19. The Morgan fingerprint density at radius 1 is 1.24 bits per heavy atom. The minimum atomic E-state index is 0.507. The van der Waals surface area contributed by atoms with Gasteiger partial charge in [0.15, 0.2) is 6.29 Å². The first kappa shape index (κ1) is 11.3. The van der Waals surface area contributed by atoms with Crippen molar-refractivity contribution in [3.05, 3.63) is 53.3 Å². The molecular weight excluding hydrogens is 214 g/mol. The molecule has 0 N–H and O–H groups in total. The highest BCUT2D eigenvalue weighted by Crippen LogP contribution is 2.26. The van der Waals surface area contributed by atoms with Crippen LogP contribution < -0.4 is 4.74 Å². The number of ether oxygens (including phenoxy) is 1. The SMILES string of the molecule is Cc1cccc(Oc2cncc(C=O)c2)c1C. The quantitative estimate of drug-likeness (QED) is 0.755. The fourth-order valence-electron chi connectivity index (χ4n) is 1.52. The van der Waals surface area contributed by atoms with Crippen molar-refractivity contribution in [2.24, 2.45) is 0 Å². The summed E-state index contributed by atoms with van der Waals surface area (Å²) in [5.41, 5.74) is 2.76. The average Bonchev–Trinajstić information content (AvgIpc) is 2.35. The second kappa shape index (κ2) is 4.78. The molecule has 0 fully saturated rings. The third kappa shape index (κ3) is 2.50. The van der Waals surface area contributed by atoms with Crippen molar-refractivity contribution in [2.75, 3.05) is 0 Å². The molecule has 1 aromatic carbocycles. The fourth-order valence-corrected chi connectivity index (χ4v) is 1.52. The van der Waals surface area contributed by atoms with Crippen LogP contribution in [-0.4, -0.2) is 11.3 Å². The molecule has 86 valence electrons. The molecule has 3 nitrogen and oxygen atoms in total. The van der Waals surface area contributed by atoms with Gasteiger partial charge in [0.2, 0.25) is 0 Å². The van der Waals surface area contributed by atoms with Gasteiger partial charge in [-0.05, 0) is 37.1 Å². The van der Waals surface area contributed by atoms with Crippen LogP contribution in [0.15, 0.2) is 36.7 Å². The van der Waals surface area contributed by atoms with E-state index in [0.29, 0.717) is 11.3 Å². The van der Waals surface area contributed by atoms with Crippen molar-refractivity contribution in [1.82, 2.24) is 4.98 Å². The van der Waals surface area contributed by atoms with Gasteiger partial charge >= 0.3 is 0 Å². The predicted molar refractivity (Wildman–Crippen MR) is 65.6 cm³/mol. The van der Waals surface area contributed by atoms with Crippen molar-refractivity contribution < 1.29 is 9.53 Å². The van der Waals surface area contributed by atoms with Crippen molar-refractivity contribution in [3.8, 4) is 11.5 Å². The number of aryl methyl sites for hydroxylation is 1. The summed E-state index contributed by atoms with van der Waals surface area (Å²) in [6.07, 6.45) is 3.85. The van der Waals surface area contributed by atoms with Crippen molar-refractivity contribution in [1.29, 1.82) is 0 Å². The molecule has 17 heavy (non-hydrogen) atoms. The van der Waals surface area contributed by atoms with Gasteiger partial charge in [0.1, 0.15) is 11.5 Å². The molecule has 0 amide bonds. The van der Waals surface area contributed by atoms with Gasteiger partial charge < -0.3 is 4.74 Å². The van der Waals surface area contributed by atoms with Gasteiger partial charge in [-0.1, -0.05) is 12.1 Å². The standard InChI is InChI=1S/C14H13NO2/c1-10-4-3-5-14(11(10)2)17-13-6-12(9-16)7-15-8-13/h3-9H,1-2H3. The van der Waals surface area contributed by atoms with Gasteiger partial charge in [0.05, 0.1) is 6.20 Å². The van der Waals surface area contributed by atoms with Crippen LogP contribution >= 0.6 is 0 Å². The zero-order valence-electron chi connectivity index (χ0n) is 9.81. The zero-order chi connectivity index (χ0) is 12.3. The second-order valence-corrected chi connectivity index (χ2v) is 3.87. The number of hydrogen-bond donors (Lipinski definition) is 0. The molecule has 0 unspecified atom stereocenters. The minimum absolute atomic E-state index is 0.507. The molecule has 0 aliphatic rings. The second-order valence-electron chi connectivity index (χ2n) is 3.87. The molecule has 1 aromatic heterocycles. The lowest BCUT2D eigenvalue weighted by molar-refractivity contribution is 0.112. The van der Waals surface area contributed by atoms with E-state index in [0.717, 1.165) is 17.6 Å². The number of aldehydes is 1. The summed E-state index contributed by atoms with van der Waals surface area (Å²) in [5.74, 6) is 1.36. The average molecular weight is 227 g/mol. The maximum absolute atomic E-state index is 10.6. The number of pyridine rings is 1. The monoisotopic (exact) mass is 227 g/mol. The summed E-state index contributed by atoms with van der Waals surface area (Å²) in [6.45, 7) is 4.03. The Hall–Kier alpha value is -2.16. The Labute approximate surface area is 100 Å². The van der Waals surface area contributed by atoms with Crippen LogP contribution in [0.2, 0.25) is 0 Å². The van der Waals surface area contributed by atoms with E-state index in [2.05, 4.69) is 4.98 Å². The summed E-state index contributed by atoms with van der Waals surface area (Å²) in [5, 5.41) is 0. The number of nitrogens with zero attached hydrogens (tertiary/aromatic N) is 1. The van der Waals surface area contributed by atoms with Crippen molar-refractivity contribution in [2.45, 2.75) is 13.8 Å². The smallest absolute Gasteiger partial charge is 0.151 e. The van der Waals surface area contributed by atoms with Crippen LogP contribution in [0.1, 0.15) is 21.5 Å². The van der Waals surface area contributed by atoms with Crippen molar-refractivity contribution in [3.63, 3.8) is 0 Å². The summed E-state index contributed by atoms with van der Waals surface area (Å²) < 4.78 is 5.71. The van der Waals surface area contributed by atoms with Gasteiger partial charge in [0.25, 0.3) is 0 Å². The molecule has 3 heteroatoms. The molecular formula is C14H13NO2. The van der Waals surface area contributed by atoms with E-state index in [9.17, 15) is 4.79 Å². The van der Waals surface area contributed by atoms with E-state index >= 15 is 0 Å². The van der Waals surface area contributed by atoms with Crippen LogP contribution in [0.25, 0.3) is 0 Å². The minimum Gasteiger partial charge on any atom is -0.455 e. The molecule has 0 saturated heterocycles. The van der Waals surface area contributed by atoms with Crippen LogP contribution in [0, 0.1) is 13.8 Å². The van der Waals surface area contributed by atoms with Crippen LogP contribution in [0.3, 0.4) is 0 Å². The molecule has 0 saturated carbocycles. The zero-order valence-corrected chi connectivity index (χ0v) is 9.81. The van der Waals surface area contributed by atoms with Gasteiger partial charge in [-0.15, -0.1) is 0 Å². The highest BCUT2D eigenvalue weighted by molar-refractivity contribution is 5.74. The molecule has 0 radical (unpaired) electrons. The Bertz CT molecular complexity index is 550. The molecule has 2 rings (SSSR count). The van der Waals surface area contributed by atoms with Crippen LogP contribution in [0.4, 0.5) is 0 Å². The lowest BCUT2D eigenvalue weighted by atomic mass is 10.1. The van der Waals surface area contributed by atoms with E-state index in [1.54, 1.807) is 12.3 Å². The Balaban J connectivity index is 2.31. The third-order valence-corrected chi connectivity index (χ3v) is 2.65. The molecule has 1 heterocycles. The van der Waals surface area contributed by atoms with E-state index in [1.165, 1.54) is 11.8 Å². The first-order valence-corrected chi connectivity index (χ1v) is 5.35. The van der Waals surface area contributed by atoms with Gasteiger partial charge in [-0.3, -0.25) is 9.78 Å².